The van der Waals surface area contributed by atoms with Gasteiger partial charge in [0.05, 0.1) is 26.4 Å². The maximum absolute atomic E-state index is 11.0. The molecule has 0 aliphatic carbocycles. The first-order valence-corrected chi connectivity index (χ1v) is 6.76. The summed E-state index contributed by atoms with van der Waals surface area (Å²) in [6.07, 6.45) is 3.66. The topological polar surface area (TPSA) is 145 Å². The van der Waals surface area contributed by atoms with Crippen LogP contribution in [0.25, 0.3) is 0 Å². The van der Waals surface area contributed by atoms with E-state index in [1.165, 1.54) is 12.2 Å². The molecular formula is C14H26N2O6. The minimum Gasteiger partial charge on any atom is -0.462 e. The Bertz CT molecular complexity index is 336. The molecule has 6 N–H and O–H groups in total. The van der Waals surface area contributed by atoms with E-state index in [-0.39, 0.29) is 26.4 Å². The molecule has 8 heteroatoms. The number of aliphatic hydroxyl groups excluding tert-OH is 2. The van der Waals surface area contributed by atoms with Crippen molar-refractivity contribution in [3.8, 4) is 0 Å². The number of esters is 2. The van der Waals surface area contributed by atoms with Gasteiger partial charge in [-0.25, -0.2) is 9.59 Å². The van der Waals surface area contributed by atoms with E-state index in [4.69, 9.17) is 31.2 Å². The monoisotopic (exact) mass is 318 g/mol. The van der Waals surface area contributed by atoms with Gasteiger partial charge in [0.1, 0.15) is 0 Å². The van der Waals surface area contributed by atoms with Crippen LogP contribution in [0, 0.1) is 0 Å². The van der Waals surface area contributed by atoms with Crippen molar-refractivity contribution in [3.05, 3.63) is 23.5 Å². The Labute approximate surface area is 130 Å². The van der Waals surface area contributed by atoms with Crippen LogP contribution in [0.15, 0.2) is 23.5 Å². The molecule has 0 unspecified atom stereocenters. The summed E-state index contributed by atoms with van der Waals surface area (Å²) in [5.74, 6) is -0.928. The average Bonchev–Trinajstić information content (AvgIpc) is 2.41. The minimum absolute atomic E-state index is 0.125. The summed E-state index contributed by atoms with van der Waals surface area (Å²) < 4.78 is 9.71. The van der Waals surface area contributed by atoms with Crippen LogP contribution in [-0.2, 0) is 19.1 Å². The van der Waals surface area contributed by atoms with Crippen molar-refractivity contribution >= 4 is 11.9 Å². The Morgan fingerprint density at radius 3 is 1.41 bits per heavy atom. The zero-order valence-corrected chi connectivity index (χ0v) is 13.1. The van der Waals surface area contributed by atoms with E-state index in [0.717, 1.165) is 0 Å². The SMILES string of the molecule is C/C(N)=C/C(=O)OCCCCOC(=O)/C=C(/C)N.OCCO. The van der Waals surface area contributed by atoms with Crippen molar-refractivity contribution in [1.29, 1.82) is 0 Å². The first-order valence-electron chi connectivity index (χ1n) is 6.76. The number of carbonyl (C=O) groups excluding carboxylic acids is 2. The average molecular weight is 318 g/mol. The molecule has 0 bridgehead atoms. The number of unbranched alkanes of at least 4 members (excludes halogenated alkanes) is 1. The molecule has 8 nitrogen and oxygen atoms in total. The molecule has 0 aromatic carbocycles. The van der Waals surface area contributed by atoms with E-state index in [2.05, 4.69) is 0 Å². The van der Waals surface area contributed by atoms with Crippen LogP contribution < -0.4 is 11.5 Å². The van der Waals surface area contributed by atoms with Gasteiger partial charge in [-0.2, -0.15) is 0 Å². The van der Waals surface area contributed by atoms with Crippen LogP contribution in [0.3, 0.4) is 0 Å². The molecule has 0 spiro atoms. The zero-order chi connectivity index (χ0) is 17.4. The Balaban J connectivity index is 0. The van der Waals surface area contributed by atoms with Gasteiger partial charge in [-0.05, 0) is 26.7 Å². The van der Waals surface area contributed by atoms with Crippen LogP contribution in [0.1, 0.15) is 26.7 Å². The highest BCUT2D eigenvalue weighted by molar-refractivity contribution is 5.82. The normalized spacial score (nSPS) is 11.3. The first kappa shape index (κ1) is 22.2. The Hall–Kier alpha value is -2.06. The van der Waals surface area contributed by atoms with E-state index in [1.807, 2.05) is 0 Å². The molecule has 0 aliphatic rings. The quantitative estimate of drug-likeness (QED) is 0.267. The van der Waals surface area contributed by atoms with Gasteiger partial charge in [0.2, 0.25) is 0 Å². The number of carbonyl (C=O) groups is 2. The fraction of sp³-hybridized carbons (Fsp3) is 0.571. The third-order valence-corrected chi connectivity index (χ3v) is 1.82. The maximum atomic E-state index is 11.0. The van der Waals surface area contributed by atoms with Gasteiger partial charge < -0.3 is 31.2 Å². The lowest BCUT2D eigenvalue weighted by Gasteiger charge is -2.03. The van der Waals surface area contributed by atoms with Gasteiger partial charge in [0.25, 0.3) is 0 Å². The van der Waals surface area contributed by atoms with Gasteiger partial charge >= 0.3 is 11.9 Å². The van der Waals surface area contributed by atoms with E-state index in [0.29, 0.717) is 24.2 Å². The molecular weight excluding hydrogens is 292 g/mol. The zero-order valence-electron chi connectivity index (χ0n) is 13.1. The van der Waals surface area contributed by atoms with Gasteiger partial charge in [0, 0.05) is 23.5 Å². The van der Waals surface area contributed by atoms with Gasteiger partial charge in [-0.1, -0.05) is 0 Å². The number of hydrogen-bond donors (Lipinski definition) is 4. The summed E-state index contributed by atoms with van der Waals surface area (Å²) in [7, 11) is 0. The molecule has 0 fully saturated rings. The van der Waals surface area contributed by atoms with Crippen molar-refractivity contribution in [2.75, 3.05) is 26.4 Å². The van der Waals surface area contributed by atoms with E-state index >= 15 is 0 Å². The third-order valence-electron chi connectivity index (χ3n) is 1.82. The molecule has 0 saturated heterocycles. The van der Waals surface area contributed by atoms with E-state index < -0.39 is 11.9 Å². The number of hydrogen-bond acceptors (Lipinski definition) is 8. The molecule has 0 saturated carbocycles. The summed E-state index contributed by atoms with van der Waals surface area (Å²) in [4.78, 5) is 22.1. The number of aliphatic hydroxyl groups is 2. The van der Waals surface area contributed by atoms with Crippen molar-refractivity contribution in [1.82, 2.24) is 0 Å². The lowest BCUT2D eigenvalue weighted by Crippen LogP contribution is -2.08. The first-order chi connectivity index (χ1) is 10.3. The van der Waals surface area contributed by atoms with Crippen LogP contribution in [-0.4, -0.2) is 48.6 Å². The summed E-state index contributed by atoms with van der Waals surface area (Å²) >= 11 is 0. The van der Waals surface area contributed by atoms with Crippen LogP contribution in [0.5, 0.6) is 0 Å². The predicted octanol–water partition coefficient (Wildman–Crippen LogP) is -0.451. The molecule has 0 aromatic heterocycles. The number of ether oxygens (including phenoxy) is 2. The smallest absolute Gasteiger partial charge is 0.332 e. The van der Waals surface area contributed by atoms with Gasteiger partial charge in [-0.15, -0.1) is 0 Å². The van der Waals surface area contributed by atoms with Gasteiger partial charge in [0.15, 0.2) is 0 Å². The number of allylic oxidation sites excluding steroid dienone is 2. The number of rotatable bonds is 8. The predicted molar refractivity (Wildman–Crippen MR) is 81.2 cm³/mol. The van der Waals surface area contributed by atoms with Crippen molar-refractivity contribution in [2.45, 2.75) is 26.7 Å². The Morgan fingerprint density at radius 2 is 1.18 bits per heavy atom. The number of nitrogens with two attached hydrogens (primary N) is 2. The molecule has 0 radical (unpaired) electrons. The Kier molecular flexibility index (Phi) is 15.5. The summed E-state index contributed by atoms with van der Waals surface area (Å²) in [6, 6.07) is 0. The van der Waals surface area contributed by atoms with Crippen LogP contribution in [0.2, 0.25) is 0 Å². The molecule has 0 amide bonds. The van der Waals surface area contributed by atoms with Crippen LogP contribution in [0.4, 0.5) is 0 Å². The van der Waals surface area contributed by atoms with E-state index in [1.54, 1.807) is 13.8 Å². The lowest BCUT2D eigenvalue weighted by molar-refractivity contribution is -0.140. The highest BCUT2D eigenvalue weighted by Gasteiger charge is 2.00. The highest BCUT2D eigenvalue weighted by Crippen LogP contribution is 1.95. The maximum Gasteiger partial charge on any atom is 0.332 e. The molecule has 0 heterocycles. The summed E-state index contributed by atoms with van der Waals surface area (Å²) in [5, 5.41) is 15.2. The largest absolute Gasteiger partial charge is 0.462 e. The van der Waals surface area contributed by atoms with Gasteiger partial charge in [-0.3, -0.25) is 0 Å². The van der Waals surface area contributed by atoms with Crippen molar-refractivity contribution in [2.24, 2.45) is 11.5 Å². The second kappa shape index (κ2) is 15.3. The summed E-state index contributed by atoms with van der Waals surface area (Å²) in [5.41, 5.74) is 11.4. The molecule has 22 heavy (non-hydrogen) atoms. The molecule has 0 aliphatic heterocycles. The molecule has 0 rings (SSSR count). The van der Waals surface area contributed by atoms with E-state index in [9.17, 15) is 9.59 Å². The Morgan fingerprint density at radius 1 is 0.864 bits per heavy atom. The third kappa shape index (κ3) is 20.3. The second-order valence-corrected chi connectivity index (χ2v) is 4.27. The van der Waals surface area contributed by atoms with Crippen molar-refractivity contribution < 1.29 is 29.3 Å². The fourth-order valence-corrected chi connectivity index (χ4v) is 1.00. The lowest BCUT2D eigenvalue weighted by atomic mass is 10.3. The standard InChI is InChI=1S/C12H20N2O4.C2H6O2/c1-9(13)7-11(15)17-5-3-4-6-18-12(16)8-10(2)14;3-1-2-4/h7-8H,3-6,13-14H2,1-2H3;3-4H,1-2H2/b9-7-,10-8-;. The highest BCUT2D eigenvalue weighted by atomic mass is 16.5. The van der Waals surface area contributed by atoms with Crippen LogP contribution >= 0.6 is 0 Å². The molecule has 0 atom stereocenters. The summed E-state index contributed by atoms with van der Waals surface area (Å²) in [6.45, 7) is 3.50. The van der Waals surface area contributed by atoms with Crippen molar-refractivity contribution in [3.63, 3.8) is 0 Å². The molecule has 128 valence electrons. The minimum atomic E-state index is -0.464. The second-order valence-electron chi connectivity index (χ2n) is 4.27. The molecule has 0 aromatic rings. The fourth-order valence-electron chi connectivity index (χ4n) is 1.00.